The highest BCUT2D eigenvalue weighted by Crippen LogP contribution is 2.22. The fraction of sp³-hybridized carbons (Fsp3) is 0.727. The molecule has 78 valence electrons. The normalized spacial score (nSPS) is 19.4. The van der Waals surface area contributed by atoms with Gasteiger partial charge in [0, 0.05) is 25.0 Å². The molecule has 1 unspecified atom stereocenters. The van der Waals surface area contributed by atoms with Crippen molar-refractivity contribution in [1.29, 1.82) is 0 Å². The average Bonchev–Trinajstić information content (AvgIpc) is 2.59. The van der Waals surface area contributed by atoms with Crippen LogP contribution in [0.2, 0.25) is 0 Å². The van der Waals surface area contributed by atoms with Gasteiger partial charge in [-0.2, -0.15) is 0 Å². The summed E-state index contributed by atoms with van der Waals surface area (Å²) in [7, 11) is 2.15. The van der Waals surface area contributed by atoms with Crippen LogP contribution < -0.4 is 0 Å². The zero-order valence-electron chi connectivity index (χ0n) is 9.32. The van der Waals surface area contributed by atoms with E-state index in [1.165, 1.54) is 17.9 Å². The second-order valence-electron chi connectivity index (χ2n) is 4.30. The van der Waals surface area contributed by atoms with E-state index in [9.17, 15) is 0 Å². The summed E-state index contributed by atoms with van der Waals surface area (Å²) < 4.78 is 2.40. The van der Waals surface area contributed by atoms with Gasteiger partial charge in [-0.05, 0) is 19.4 Å². The summed E-state index contributed by atoms with van der Waals surface area (Å²) in [6.45, 7) is 7.76. The molecule has 1 aliphatic rings. The van der Waals surface area contributed by atoms with E-state index in [4.69, 9.17) is 0 Å². The molecule has 1 aliphatic heterocycles. The molecule has 0 N–H and O–H groups in total. The highest BCUT2D eigenvalue weighted by molar-refractivity contribution is 5.11. The summed E-state index contributed by atoms with van der Waals surface area (Å²) in [5.41, 5.74) is 1.41. The first-order valence-electron chi connectivity index (χ1n) is 5.45. The minimum absolute atomic E-state index is 0.639. The van der Waals surface area contributed by atoms with E-state index in [1.807, 2.05) is 0 Å². The Labute approximate surface area is 85.7 Å². The molecule has 1 aromatic rings. The first-order chi connectivity index (χ1) is 6.72. The first-order valence-corrected chi connectivity index (χ1v) is 5.45. The molecule has 0 radical (unpaired) electrons. The van der Waals surface area contributed by atoms with Gasteiger partial charge in [-0.15, -0.1) is 0 Å². The van der Waals surface area contributed by atoms with E-state index < -0.39 is 0 Å². The Morgan fingerprint density at radius 3 is 3.00 bits per heavy atom. The molecule has 0 aromatic carbocycles. The summed E-state index contributed by atoms with van der Waals surface area (Å²) >= 11 is 0. The summed E-state index contributed by atoms with van der Waals surface area (Å²) in [6, 6.07) is 0. The maximum Gasteiger partial charge on any atom is 0.123 e. The van der Waals surface area contributed by atoms with Crippen LogP contribution in [-0.4, -0.2) is 28.0 Å². The molecule has 0 bridgehead atoms. The average molecular weight is 193 g/mol. The van der Waals surface area contributed by atoms with Crippen LogP contribution in [-0.2, 0) is 13.1 Å². The van der Waals surface area contributed by atoms with Crippen molar-refractivity contribution in [3.8, 4) is 0 Å². The molecule has 0 amide bonds. The van der Waals surface area contributed by atoms with Crippen LogP contribution in [0.25, 0.3) is 0 Å². The Morgan fingerprint density at radius 1 is 1.50 bits per heavy atom. The molecule has 1 atom stereocenters. The lowest BCUT2D eigenvalue weighted by Crippen LogP contribution is -2.31. The summed E-state index contributed by atoms with van der Waals surface area (Å²) in [5.74, 6) is 1.87. The zero-order chi connectivity index (χ0) is 10.1. The summed E-state index contributed by atoms with van der Waals surface area (Å²) in [4.78, 5) is 6.82. The lowest BCUT2D eigenvalue weighted by atomic mass is 10.1. The molecule has 1 aromatic heterocycles. The van der Waals surface area contributed by atoms with Crippen LogP contribution in [0.3, 0.4) is 0 Å². The number of hydrogen-bond acceptors (Lipinski definition) is 2. The Hall–Kier alpha value is -0.830. The van der Waals surface area contributed by atoms with Crippen molar-refractivity contribution in [1.82, 2.24) is 14.5 Å². The van der Waals surface area contributed by atoms with E-state index in [1.54, 1.807) is 0 Å². The van der Waals surface area contributed by atoms with Crippen molar-refractivity contribution in [3.63, 3.8) is 0 Å². The predicted molar refractivity (Wildman–Crippen MR) is 57.3 cm³/mol. The molecule has 3 nitrogen and oxygen atoms in total. The molecule has 0 aliphatic carbocycles. The monoisotopic (exact) mass is 193 g/mol. The van der Waals surface area contributed by atoms with Crippen molar-refractivity contribution < 1.29 is 0 Å². The number of aromatic nitrogens is 2. The Balaban J connectivity index is 2.28. The third-order valence-electron chi connectivity index (χ3n) is 3.20. The van der Waals surface area contributed by atoms with Gasteiger partial charge in [0.05, 0.1) is 6.54 Å². The van der Waals surface area contributed by atoms with Crippen LogP contribution in [0.15, 0.2) is 6.20 Å². The second kappa shape index (κ2) is 3.73. The number of rotatable bonds is 2. The van der Waals surface area contributed by atoms with Gasteiger partial charge in [0.15, 0.2) is 0 Å². The standard InChI is InChI=1S/C11H19N3/c1-4-9(2)10-7-12-11-8-13(3)5-6-14(10)11/h7,9H,4-6,8H2,1-3H3. The van der Waals surface area contributed by atoms with E-state index in [2.05, 4.69) is 41.5 Å². The Bertz CT molecular complexity index is 316. The predicted octanol–water partition coefficient (Wildman–Crippen LogP) is 1.84. The van der Waals surface area contributed by atoms with Crippen LogP contribution in [0.5, 0.6) is 0 Å². The fourth-order valence-electron chi connectivity index (χ4n) is 2.01. The van der Waals surface area contributed by atoms with Gasteiger partial charge in [0.1, 0.15) is 5.82 Å². The van der Waals surface area contributed by atoms with Crippen LogP contribution >= 0.6 is 0 Å². The lowest BCUT2D eigenvalue weighted by Gasteiger charge is -2.25. The van der Waals surface area contributed by atoms with E-state index in [-0.39, 0.29) is 0 Å². The highest BCUT2D eigenvalue weighted by atomic mass is 15.2. The van der Waals surface area contributed by atoms with Gasteiger partial charge in [0.25, 0.3) is 0 Å². The van der Waals surface area contributed by atoms with Gasteiger partial charge in [0.2, 0.25) is 0 Å². The van der Waals surface area contributed by atoms with Crippen LogP contribution in [0.1, 0.15) is 37.7 Å². The summed E-state index contributed by atoms with van der Waals surface area (Å²) in [5, 5.41) is 0. The molecular formula is C11H19N3. The maximum absolute atomic E-state index is 4.50. The van der Waals surface area contributed by atoms with Crippen molar-refractivity contribution in [2.45, 2.75) is 39.3 Å². The zero-order valence-corrected chi connectivity index (χ0v) is 9.32. The quantitative estimate of drug-likeness (QED) is 0.714. The molecular weight excluding hydrogens is 174 g/mol. The minimum Gasteiger partial charge on any atom is -0.329 e. The minimum atomic E-state index is 0.639. The third kappa shape index (κ3) is 1.57. The van der Waals surface area contributed by atoms with Crippen molar-refractivity contribution in [2.24, 2.45) is 0 Å². The Kier molecular flexibility index (Phi) is 2.59. The number of fused-ring (bicyclic) bond motifs is 1. The van der Waals surface area contributed by atoms with Crippen molar-refractivity contribution in [2.75, 3.05) is 13.6 Å². The van der Waals surface area contributed by atoms with Crippen molar-refractivity contribution >= 4 is 0 Å². The molecule has 2 rings (SSSR count). The molecule has 0 saturated carbocycles. The number of hydrogen-bond donors (Lipinski definition) is 0. The van der Waals surface area contributed by atoms with Gasteiger partial charge >= 0.3 is 0 Å². The van der Waals surface area contributed by atoms with Gasteiger partial charge in [-0.1, -0.05) is 13.8 Å². The van der Waals surface area contributed by atoms with Gasteiger partial charge in [-0.3, -0.25) is 4.90 Å². The molecule has 14 heavy (non-hydrogen) atoms. The number of likely N-dealkylation sites (N-methyl/N-ethyl adjacent to an activating group) is 1. The van der Waals surface area contributed by atoms with Gasteiger partial charge in [-0.25, -0.2) is 4.98 Å². The summed E-state index contributed by atoms with van der Waals surface area (Å²) in [6.07, 6.45) is 3.25. The number of nitrogens with zero attached hydrogens (tertiary/aromatic N) is 3. The highest BCUT2D eigenvalue weighted by Gasteiger charge is 2.19. The molecule has 2 heterocycles. The molecule has 3 heteroatoms. The second-order valence-corrected chi connectivity index (χ2v) is 4.30. The molecule has 0 saturated heterocycles. The SMILES string of the molecule is CCC(C)c1cnc2n1CCN(C)C2. The van der Waals surface area contributed by atoms with Gasteiger partial charge < -0.3 is 4.57 Å². The molecule has 0 spiro atoms. The van der Waals surface area contributed by atoms with E-state index in [0.717, 1.165) is 19.6 Å². The van der Waals surface area contributed by atoms with Crippen molar-refractivity contribution in [3.05, 3.63) is 17.7 Å². The molecule has 0 fully saturated rings. The fourth-order valence-corrected chi connectivity index (χ4v) is 2.01. The first kappa shape index (κ1) is 9.71. The maximum atomic E-state index is 4.50. The number of imidazole rings is 1. The smallest absolute Gasteiger partial charge is 0.123 e. The topological polar surface area (TPSA) is 21.1 Å². The van der Waals surface area contributed by atoms with Crippen LogP contribution in [0.4, 0.5) is 0 Å². The van der Waals surface area contributed by atoms with E-state index >= 15 is 0 Å². The Morgan fingerprint density at radius 2 is 2.29 bits per heavy atom. The van der Waals surface area contributed by atoms with E-state index in [0.29, 0.717) is 5.92 Å². The van der Waals surface area contributed by atoms with Crippen LogP contribution in [0, 0.1) is 0 Å². The largest absolute Gasteiger partial charge is 0.329 e. The third-order valence-corrected chi connectivity index (χ3v) is 3.20. The lowest BCUT2D eigenvalue weighted by molar-refractivity contribution is 0.261.